The van der Waals surface area contributed by atoms with Gasteiger partial charge in [-0.3, -0.25) is 4.79 Å². The number of carbonyl (C=O) groups is 1. The van der Waals surface area contributed by atoms with Crippen molar-refractivity contribution in [3.63, 3.8) is 0 Å². The molecule has 0 bridgehead atoms. The molecule has 1 saturated carbocycles. The predicted molar refractivity (Wildman–Crippen MR) is 85.5 cm³/mol. The Hall–Kier alpha value is -1.35. The van der Waals surface area contributed by atoms with Gasteiger partial charge in [-0.2, -0.15) is 0 Å². The minimum Gasteiger partial charge on any atom is -0.335 e. The number of hydrogen-bond donors (Lipinski definition) is 1. The summed E-state index contributed by atoms with van der Waals surface area (Å²) in [5, 5.41) is 3.46. The Labute approximate surface area is 127 Å². The molecule has 2 aliphatic rings. The van der Waals surface area contributed by atoms with Crippen molar-refractivity contribution in [2.75, 3.05) is 19.6 Å². The van der Waals surface area contributed by atoms with Crippen molar-refractivity contribution in [1.82, 2.24) is 10.2 Å². The monoisotopic (exact) mass is 286 g/mol. The topological polar surface area (TPSA) is 32.3 Å². The zero-order valence-electron chi connectivity index (χ0n) is 13.0. The van der Waals surface area contributed by atoms with Crippen molar-refractivity contribution >= 4 is 5.91 Å². The molecule has 1 aliphatic heterocycles. The van der Waals surface area contributed by atoms with Crippen molar-refractivity contribution in [2.24, 2.45) is 5.92 Å². The van der Waals surface area contributed by atoms with E-state index in [4.69, 9.17) is 0 Å². The summed E-state index contributed by atoms with van der Waals surface area (Å²) < 4.78 is 0. The Morgan fingerprint density at radius 3 is 2.76 bits per heavy atom. The van der Waals surface area contributed by atoms with Gasteiger partial charge in [-0.1, -0.05) is 25.1 Å². The molecule has 21 heavy (non-hydrogen) atoms. The van der Waals surface area contributed by atoms with Crippen LogP contribution in [0.5, 0.6) is 0 Å². The van der Waals surface area contributed by atoms with Gasteiger partial charge < -0.3 is 10.2 Å². The van der Waals surface area contributed by atoms with Gasteiger partial charge in [0.15, 0.2) is 0 Å². The molecule has 3 rings (SSSR count). The second kappa shape index (κ2) is 6.61. The zero-order valence-corrected chi connectivity index (χ0v) is 13.0. The van der Waals surface area contributed by atoms with E-state index < -0.39 is 0 Å². The first kappa shape index (κ1) is 14.6. The number of amides is 1. The molecule has 1 aromatic carbocycles. The molecule has 1 aliphatic carbocycles. The molecule has 1 heterocycles. The highest BCUT2D eigenvalue weighted by molar-refractivity contribution is 5.96. The second-order valence-electron chi connectivity index (χ2n) is 6.41. The van der Waals surface area contributed by atoms with E-state index in [0.717, 1.165) is 31.6 Å². The van der Waals surface area contributed by atoms with Crippen molar-refractivity contribution in [3.8, 4) is 0 Å². The number of piperidine rings is 1. The van der Waals surface area contributed by atoms with Crippen molar-refractivity contribution in [2.45, 2.75) is 45.1 Å². The third-order valence-electron chi connectivity index (χ3n) is 4.73. The molecular formula is C18H26N2O. The smallest absolute Gasteiger partial charge is 0.254 e. The molecule has 3 nitrogen and oxygen atoms in total. The van der Waals surface area contributed by atoms with Gasteiger partial charge in [0.05, 0.1) is 0 Å². The van der Waals surface area contributed by atoms with Crippen LogP contribution in [0.2, 0.25) is 0 Å². The summed E-state index contributed by atoms with van der Waals surface area (Å²) >= 11 is 0. The second-order valence-corrected chi connectivity index (χ2v) is 6.41. The average molecular weight is 286 g/mol. The normalized spacial score (nSPS) is 22.0. The minimum absolute atomic E-state index is 0.250. The fourth-order valence-electron chi connectivity index (χ4n) is 3.33. The van der Waals surface area contributed by atoms with Crippen LogP contribution < -0.4 is 5.32 Å². The molecule has 1 saturated heterocycles. The lowest BCUT2D eigenvalue weighted by Gasteiger charge is -2.31. The molecular weight excluding hydrogens is 260 g/mol. The van der Waals surface area contributed by atoms with Gasteiger partial charge in [-0.15, -0.1) is 0 Å². The number of nitrogens with one attached hydrogen (secondary N) is 1. The van der Waals surface area contributed by atoms with E-state index in [1.807, 2.05) is 18.2 Å². The molecule has 114 valence electrons. The maximum atomic E-state index is 13.0. The van der Waals surface area contributed by atoms with Crippen LogP contribution in [0.25, 0.3) is 0 Å². The molecule has 0 radical (unpaired) electrons. The lowest BCUT2D eigenvalue weighted by atomic mass is 9.98. The van der Waals surface area contributed by atoms with Crippen molar-refractivity contribution in [1.29, 1.82) is 0 Å². The Morgan fingerprint density at radius 2 is 2.10 bits per heavy atom. The number of carbonyl (C=O) groups excluding carboxylic acids is 1. The molecule has 0 aromatic heterocycles. The molecule has 1 unspecified atom stereocenters. The molecule has 1 atom stereocenters. The van der Waals surface area contributed by atoms with E-state index in [2.05, 4.69) is 23.2 Å². The third kappa shape index (κ3) is 3.46. The average Bonchev–Trinajstić information content (AvgIpc) is 3.37. The molecule has 2 fully saturated rings. The minimum atomic E-state index is 0.250. The Morgan fingerprint density at radius 1 is 1.29 bits per heavy atom. The van der Waals surface area contributed by atoms with E-state index in [1.54, 1.807) is 0 Å². The standard InChI is InChI=1S/C18H26N2O/c1-2-15-7-3-4-8-17(15)18(21)20(16-9-10-16)13-14-6-5-11-19-12-14/h3-4,7-8,14,16,19H,2,5-6,9-13H2,1H3. The summed E-state index contributed by atoms with van der Waals surface area (Å²) in [6.45, 7) is 5.24. The summed E-state index contributed by atoms with van der Waals surface area (Å²) in [5.74, 6) is 0.873. The summed E-state index contributed by atoms with van der Waals surface area (Å²) in [7, 11) is 0. The largest absolute Gasteiger partial charge is 0.335 e. The van der Waals surface area contributed by atoms with Crippen LogP contribution in [0.15, 0.2) is 24.3 Å². The summed E-state index contributed by atoms with van der Waals surface area (Å²) in [5.41, 5.74) is 2.09. The van der Waals surface area contributed by atoms with Crippen LogP contribution in [0.3, 0.4) is 0 Å². The van der Waals surface area contributed by atoms with Crippen LogP contribution in [0.4, 0.5) is 0 Å². The van der Waals surface area contributed by atoms with Crippen LogP contribution in [-0.4, -0.2) is 36.5 Å². The number of nitrogens with zero attached hydrogens (tertiary/aromatic N) is 1. The Balaban J connectivity index is 1.75. The first-order valence-corrected chi connectivity index (χ1v) is 8.39. The summed E-state index contributed by atoms with van der Waals surface area (Å²) in [6, 6.07) is 8.59. The summed E-state index contributed by atoms with van der Waals surface area (Å²) in [4.78, 5) is 15.1. The first-order valence-electron chi connectivity index (χ1n) is 8.39. The Kier molecular flexibility index (Phi) is 4.59. The van der Waals surface area contributed by atoms with E-state index in [9.17, 15) is 4.79 Å². The van der Waals surface area contributed by atoms with Crippen molar-refractivity contribution < 1.29 is 4.79 Å². The fraction of sp³-hybridized carbons (Fsp3) is 0.611. The molecule has 3 heteroatoms. The van der Waals surface area contributed by atoms with E-state index >= 15 is 0 Å². The molecule has 0 spiro atoms. The number of aryl methyl sites for hydroxylation is 1. The van der Waals surface area contributed by atoms with Crippen molar-refractivity contribution in [3.05, 3.63) is 35.4 Å². The maximum absolute atomic E-state index is 13.0. The number of rotatable bonds is 5. The van der Waals surface area contributed by atoms with E-state index in [1.165, 1.54) is 31.2 Å². The van der Waals surface area contributed by atoms with Crippen LogP contribution in [0.1, 0.15) is 48.5 Å². The lowest BCUT2D eigenvalue weighted by Crippen LogP contribution is -2.42. The highest BCUT2D eigenvalue weighted by Crippen LogP contribution is 2.30. The van der Waals surface area contributed by atoms with E-state index in [-0.39, 0.29) is 5.91 Å². The first-order chi connectivity index (χ1) is 10.3. The van der Waals surface area contributed by atoms with Gasteiger partial charge in [0.2, 0.25) is 0 Å². The fourth-order valence-corrected chi connectivity index (χ4v) is 3.33. The highest BCUT2D eigenvalue weighted by Gasteiger charge is 2.35. The van der Waals surface area contributed by atoms with Gasteiger partial charge in [0.25, 0.3) is 5.91 Å². The van der Waals surface area contributed by atoms with Gasteiger partial charge >= 0.3 is 0 Å². The molecule has 1 N–H and O–H groups in total. The van der Waals surface area contributed by atoms with Gasteiger partial charge in [-0.25, -0.2) is 0 Å². The van der Waals surface area contributed by atoms with Gasteiger partial charge in [-0.05, 0) is 62.7 Å². The van der Waals surface area contributed by atoms with E-state index in [0.29, 0.717) is 12.0 Å². The number of benzene rings is 1. The zero-order chi connectivity index (χ0) is 14.7. The SMILES string of the molecule is CCc1ccccc1C(=O)N(CC1CCCNC1)C1CC1. The Bertz CT molecular complexity index is 490. The van der Waals surface area contributed by atoms with Gasteiger partial charge in [0.1, 0.15) is 0 Å². The van der Waals surface area contributed by atoms with Crippen LogP contribution in [0, 0.1) is 5.92 Å². The van der Waals surface area contributed by atoms with Crippen LogP contribution >= 0.6 is 0 Å². The highest BCUT2D eigenvalue weighted by atomic mass is 16.2. The third-order valence-corrected chi connectivity index (χ3v) is 4.73. The number of hydrogen-bond acceptors (Lipinski definition) is 2. The maximum Gasteiger partial charge on any atom is 0.254 e. The summed E-state index contributed by atoms with van der Waals surface area (Å²) in [6.07, 6.45) is 5.77. The molecule has 1 aromatic rings. The van der Waals surface area contributed by atoms with Crippen LogP contribution in [-0.2, 0) is 6.42 Å². The lowest BCUT2D eigenvalue weighted by molar-refractivity contribution is 0.0703. The predicted octanol–water partition coefficient (Wildman–Crippen LogP) is 2.85. The quantitative estimate of drug-likeness (QED) is 0.902. The van der Waals surface area contributed by atoms with Gasteiger partial charge in [0, 0.05) is 18.2 Å². The molecule has 1 amide bonds.